The van der Waals surface area contributed by atoms with E-state index in [2.05, 4.69) is 20.8 Å². The van der Waals surface area contributed by atoms with Crippen LogP contribution in [0.1, 0.15) is 24.8 Å². The number of nitrogens with two attached hydrogens (primary N) is 2. The lowest BCUT2D eigenvalue weighted by Crippen LogP contribution is -2.34. The predicted molar refractivity (Wildman–Crippen MR) is 80.4 cm³/mol. The number of halogens is 1. The molecule has 0 aliphatic carbocycles. The van der Waals surface area contributed by atoms with Crippen molar-refractivity contribution in [3.63, 3.8) is 0 Å². The molecule has 1 fully saturated rings. The summed E-state index contributed by atoms with van der Waals surface area (Å²) in [4.78, 5) is 13.3. The number of nitrogen functional groups attached to an aromatic ring is 1. The standard InChI is InChI=1S/C14H20BrN3O/c15-12-2-1-3-13(16)11(12)9-18-6-4-10(5-7-18)8-14(17)19/h1-3,10H,4-9,16H2,(H2,17,19). The van der Waals surface area contributed by atoms with Crippen LogP contribution in [0.5, 0.6) is 0 Å². The summed E-state index contributed by atoms with van der Waals surface area (Å²) in [5.74, 6) is 0.263. The van der Waals surface area contributed by atoms with E-state index in [0.29, 0.717) is 12.3 Å². The Bertz CT molecular complexity index is 436. The quantitative estimate of drug-likeness (QED) is 0.833. The molecule has 19 heavy (non-hydrogen) atoms. The SMILES string of the molecule is NC(=O)CC1CCN(Cc2c(N)cccc2Br)CC1. The van der Waals surface area contributed by atoms with Gasteiger partial charge in [0.1, 0.15) is 0 Å². The van der Waals surface area contributed by atoms with Gasteiger partial charge < -0.3 is 11.5 Å². The maximum Gasteiger partial charge on any atom is 0.217 e. The molecule has 0 spiro atoms. The Kier molecular flexibility index (Phi) is 4.82. The van der Waals surface area contributed by atoms with Gasteiger partial charge in [0, 0.05) is 28.7 Å². The average Bonchev–Trinajstić information content (AvgIpc) is 2.35. The zero-order valence-electron chi connectivity index (χ0n) is 10.9. The zero-order chi connectivity index (χ0) is 13.8. The molecule has 2 rings (SSSR count). The largest absolute Gasteiger partial charge is 0.398 e. The third-order valence-corrected chi connectivity index (χ3v) is 4.48. The van der Waals surface area contributed by atoms with Gasteiger partial charge in [-0.3, -0.25) is 9.69 Å². The van der Waals surface area contributed by atoms with Gasteiger partial charge in [0.2, 0.25) is 5.91 Å². The third-order valence-electron chi connectivity index (χ3n) is 3.73. The van der Waals surface area contributed by atoms with E-state index in [4.69, 9.17) is 11.5 Å². The first-order chi connectivity index (χ1) is 9.06. The van der Waals surface area contributed by atoms with E-state index in [1.165, 1.54) is 0 Å². The summed E-state index contributed by atoms with van der Waals surface area (Å²) < 4.78 is 1.06. The molecule has 1 aromatic carbocycles. The van der Waals surface area contributed by atoms with Crippen LogP contribution >= 0.6 is 15.9 Å². The number of piperidine rings is 1. The number of nitrogens with zero attached hydrogens (tertiary/aromatic N) is 1. The van der Waals surface area contributed by atoms with Crippen molar-refractivity contribution in [2.75, 3.05) is 18.8 Å². The Balaban J connectivity index is 1.91. The van der Waals surface area contributed by atoms with Crippen molar-refractivity contribution in [3.8, 4) is 0 Å². The number of hydrogen-bond donors (Lipinski definition) is 2. The molecule has 0 aromatic heterocycles. The molecule has 5 heteroatoms. The van der Waals surface area contributed by atoms with Crippen LogP contribution in [0.15, 0.2) is 22.7 Å². The second-order valence-electron chi connectivity index (χ2n) is 5.20. The second kappa shape index (κ2) is 6.39. The van der Waals surface area contributed by atoms with Gasteiger partial charge in [-0.2, -0.15) is 0 Å². The van der Waals surface area contributed by atoms with Crippen LogP contribution in [-0.2, 0) is 11.3 Å². The maximum atomic E-state index is 10.9. The number of carbonyl (C=O) groups excluding carboxylic acids is 1. The number of benzene rings is 1. The van der Waals surface area contributed by atoms with Crippen molar-refractivity contribution in [1.82, 2.24) is 4.90 Å². The molecule has 1 aliphatic heterocycles. The first kappa shape index (κ1) is 14.3. The van der Waals surface area contributed by atoms with Gasteiger partial charge in [0.15, 0.2) is 0 Å². The van der Waals surface area contributed by atoms with Gasteiger partial charge >= 0.3 is 0 Å². The molecule has 1 saturated heterocycles. The molecule has 0 atom stereocenters. The smallest absolute Gasteiger partial charge is 0.217 e. The monoisotopic (exact) mass is 325 g/mol. The van der Waals surface area contributed by atoms with Gasteiger partial charge in [0.05, 0.1) is 0 Å². The molecule has 1 aliphatic rings. The van der Waals surface area contributed by atoms with Crippen molar-refractivity contribution < 1.29 is 4.79 Å². The highest BCUT2D eigenvalue weighted by molar-refractivity contribution is 9.10. The van der Waals surface area contributed by atoms with Crippen LogP contribution in [0.4, 0.5) is 5.69 Å². The fraction of sp³-hybridized carbons (Fsp3) is 0.500. The van der Waals surface area contributed by atoms with E-state index in [9.17, 15) is 4.79 Å². The molecular weight excluding hydrogens is 306 g/mol. The lowest BCUT2D eigenvalue weighted by molar-refractivity contribution is -0.119. The summed E-state index contributed by atoms with van der Waals surface area (Å²) >= 11 is 3.55. The van der Waals surface area contributed by atoms with Crippen LogP contribution in [0.25, 0.3) is 0 Å². The normalized spacial score (nSPS) is 17.5. The van der Waals surface area contributed by atoms with Crippen molar-refractivity contribution in [1.29, 1.82) is 0 Å². The lowest BCUT2D eigenvalue weighted by Gasteiger charge is -2.32. The number of amides is 1. The van der Waals surface area contributed by atoms with E-state index < -0.39 is 0 Å². The summed E-state index contributed by atoms with van der Waals surface area (Å²) in [6, 6.07) is 5.90. The molecule has 0 bridgehead atoms. The Labute approximate surface area is 122 Å². The summed E-state index contributed by atoms with van der Waals surface area (Å²) in [5, 5.41) is 0. The van der Waals surface area contributed by atoms with E-state index in [1.807, 2.05) is 18.2 Å². The molecule has 1 amide bonds. The minimum Gasteiger partial charge on any atom is -0.398 e. The fourth-order valence-corrected chi connectivity index (χ4v) is 3.11. The molecule has 4 N–H and O–H groups in total. The highest BCUT2D eigenvalue weighted by Gasteiger charge is 2.21. The number of carbonyl (C=O) groups is 1. The van der Waals surface area contributed by atoms with E-state index in [1.54, 1.807) is 0 Å². The van der Waals surface area contributed by atoms with Crippen molar-refractivity contribution >= 4 is 27.5 Å². The van der Waals surface area contributed by atoms with E-state index >= 15 is 0 Å². The fourth-order valence-electron chi connectivity index (χ4n) is 2.60. The summed E-state index contributed by atoms with van der Waals surface area (Å²) in [6.45, 7) is 2.86. The van der Waals surface area contributed by atoms with Gasteiger partial charge in [-0.25, -0.2) is 0 Å². The van der Waals surface area contributed by atoms with Crippen LogP contribution in [0.3, 0.4) is 0 Å². The van der Waals surface area contributed by atoms with Gasteiger partial charge in [-0.15, -0.1) is 0 Å². The molecule has 0 saturated carbocycles. The Morgan fingerprint density at radius 2 is 2.05 bits per heavy atom. The van der Waals surface area contributed by atoms with Crippen LogP contribution in [0.2, 0.25) is 0 Å². The minimum absolute atomic E-state index is 0.187. The predicted octanol–water partition coefficient (Wildman–Crippen LogP) is 2.12. The summed E-state index contributed by atoms with van der Waals surface area (Å²) in [7, 11) is 0. The van der Waals surface area contributed by atoms with E-state index in [-0.39, 0.29) is 5.91 Å². The number of hydrogen-bond acceptors (Lipinski definition) is 3. The van der Waals surface area contributed by atoms with Gasteiger partial charge in [0.25, 0.3) is 0 Å². The Morgan fingerprint density at radius 1 is 1.37 bits per heavy atom. The molecule has 1 aromatic rings. The molecule has 1 heterocycles. The highest BCUT2D eigenvalue weighted by atomic mass is 79.9. The molecule has 0 radical (unpaired) electrons. The minimum atomic E-state index is -0.187. The average molecular weight is 326 g/mol. The van der Waals surface area contributed by atoms with Gasteiger partial charge in [-0.05, 0) is 44.0 Å². The topological polar surface area (TPSA) is 72.4 Å². The number of primary amides is 1. The molecule has 4 nitrogen and oxygen atoms in total. The van der Waals surface area contributed by atoms with Gasteiger partial charge in [-0.1, -0.05) is 22.0 Å². The summed E-state index contributed by atoms with van der Waals surface area (Å²) in [6.07, 6.45) is 2.59. The number of rotatable bonds is 4. The highest BCUT2D eigenvalue weighted by Crippen LogP contribution is 2.27. The van der Waals surface area contributed by atoms with Crippen molar-refractivity contribution in [2.24, 2.45) is 11.7 Å². The molecule has 0 unspecified atom stereocenters. The van der Waals surface area contributed by atoms with Crippen molar-refractivity contribution in [3.05, 3.63) is 28.2 Å². The van der Waals surface area contributed by atoms with Crippen LogP contribution in [-0.4, -0.2) is 23.9 Å². The number of likely N-dealkylation sites (tertiary alicyclic amines) is 1. The maximum absolute atomic E-state index is 10.9. The Morgan fingerprint density at radius 3 is 2.63 bits per heavy atom. The Hall–Kier alpha value is -1.07. The third kappa shape index (κ3) is 3.94. The van der Waals surface area contributed by atoms with Crippen molar-refractivity contribution in [2.45, 2.75) is 25.8 Å². The first-order valence-electron chi connectivity index (χ1n) is 6.60. The number of anilines is 1. The molecular formula is C14H20BrN3O. The zero-order valence-corrected chi connectivity index (χ0v) is 12.5. The summed E-state index contributed by atoms with van der Waals surface area (Å²) in [5.41, 5.74) is 13.2. The molecule has 104 valence electrons. The second-order valence-corrected chi connectivity index (χ2v) is 6.05. The van der Waals surface area contributed by atoms with Crippen LogP contribution in [0, 0.1) is 5.92 Å². The van der Waals surface area contributed by atoms with E-state index in [0.717, 1.165) is 48.2 Å². The van der Waals surface area contributed by atoms with Crippen LogP contribution < -0.4 is 11.5 Å². The lowest BCUT2D eigenvalue weighted by atomic mass is 9.93. The first-order valence-corrected chi connectivity index (χ1v) is 7.39.